The molecular weight excluding hydrogens is 180 g/mol. The number of hydrogen-bond donors (Lipinski definition) is 2. The summed E-state index contributed by atoms with van der Waals surface area (Å²) in [6, 6.07) is 0.614. The van der Waals surface area contributed by atoms with Crippen LogP contribution in [0.4, 0.5) is 0 Å². The molecular formula is C10H20N2O2. The third-order valence-electron chi connectivity index (χ3n) is 3.27. The Labute approximate surface area is 85.3 Å². The van der Waals surface area contributed by atoms with E-state index in [-0.39, 0.29) is 5.60 Å². The van der Waals surface area contributed by atoms with Gasteiger partial charge in [0.2, 0.25) is 0 Å². The Morgan fingerprint density at radius 1 is 1.64 bits per heavy atom. The molecule has 0 aromatic carbocycles. The van der Waals surface area contributed by atoms with Gasteiger partial charge in [-0.25, -0.2) is 0 Å². The molecule has 2 N–H and O–H groups in total. The minimum Gasteiger partial charge on any atom is -0.378 e. The minimum absolute atomic E-state index is 0.0669. The second-order valence-electron chi connectivity index (χ2n) is 4.26. The van der Waals surface area contributed by atoms with Crippen LogP contribution in [0.3, 0.4) is 0 Å². The highest BCUT2D eigenvalue weighted by molar-refractivity contribution is 4.89. The third kappa shape index (κ3) is 2.25. The van der Waals surface area contributed by atoms with E-state index in [2.05, 4.69) is 10.6 Å². The third-order valence-corrected chi connectivity index (χ3v) is 3.27. The fourth-order valence-corrected chi connectivity index (χ4v) is 2.12. The van der Waals surface area contributed by atoms with Gasteiger partial charge < -0.3 is 20.1 Å². The van der Waals surface area contributed by atoms with Crippen molar-refractivity contribution in [2.24, 2.45) is 0 Å². The molecule has 4 nitrogen and oxygen atoms in total. The summed E-state index contributed by atoms with van der Waals surface area (Å²) in [4.78, 5) is 0. The average Bonchev–Trinajstić information content (AvgIpc) is 2.87. The first-order valence-corrected chi connectivity index (χ1v) is 5.42. The van der Waals surface area contributed by atoms with Gasteiger partial charge in [-0.2, -0.15) is 0 Å². The van der Waals surface area contributed by atoms with Gasteiger partial charge in [0, 0.05) is 39.3 Å². The quantitative estimate of drug-likeness (QED) is 0.656. The van der Waals surface area contributed by atoms with Crippen LogP contribution in [0.15, 0.2) is 0 Å². The maximum Gasteiger partial charge on any atom is 0.106 e. The van der Waals surface area contributed by atoms with Gasteiger partial charge in [-0.15, -0.1) is 0 Å². The zero-order chi connectivity index (χ0) is 9.86. The summed E-state index contributed by atoms with van der Waals surface area (Å²) >= 11 is 0. The van der Waals surface area contributed by atoms with Crippen molar-refractivity contribution in [2.45, 2.75) is 24.5 Å². The molecule has 2 saturated heterocycles. The molecule has 0 aliphatic carbocycles. The van der Waals surface area contributed by atoms with Crippen molar-refractivity contribution >= 4 is 0 Å². The Morgan fingerprint density at radius 3 is 3.14 bits per heavy atom. The summed E-state index contributed by atoms with van der Waals surface area (Å²) < 4.78 is 10.9. The second kappa shape index (κ2) is 4.57. The van der Waals surface area contributed by atoms with E-state index in [9.17, 15) is 0 Å². The van der Waals surface area contributed by atoms with Gasteiger partial charge in [-0.05, 0) is 13.0 Å². The van der Waals surface area contributed by atoms with E-state index < -0.39 is 0 Å². The van der Waals surface area contributed by atoms with Crippen molar-refractivity contribution in [1.82, 2.24) is 10.6 Å². The normalized spacial score (nSPS) is 37.9. The van der Waals surface area contributed by atoms with Gasteiger partial charge >= 0.3 is 0 Å². The molecule has 0 amide bonds. The topological polar surface area (TPSA) is 42.5 Å². The summed E-state index contributed by atoms with van der Waals surface area (Å²) in [6.45, 7) is 4.69. The largest absolute Gasteiger partial charge is 0.378 e. The Kier molecular flexibility index (Phi) is 3.38. The number of ether oxygens (including phenoxy) is 2. The van der Waals surface area contributed by atoms with E-state index >= 15 is 0 Å². The fraction of sp³-hybridized carbons (Fsp3) is 1.00. The van der Waals surface area contributed by atoms with Gasteiger partial charge in [-0.1, -0.05) is 0 Å². The highest BCUT2D eigenvalue weighted by atomic mass is 16.5. The van der Waals surface area contributed by atoms with Gasteiger partial charge in [0.05, 0.1) is 6.61 Å². The SMILES string of the molecule is COC1(CNC2CCNC2)CCOC1. The summed E-state index contributed by atoms with van der Waals surface area (Å²) in [6.07, 6.45) is 2.23. The molecule has 0 aromatic rings. The number of methoxy groups -OCH3 is 1. The zero-order valence-corrected chi connectivity index (χ0v) is 8.84. The molecule has 2 atom stereocenters. The van der Waals surface area contributed by atoms with Crippen molar-refractivity contribution in [2.75, 3.05) is 40.0 Å². The lowest BCUT2D eigenvalue weighted by Gasteiger charge is -2.27. The number of hydrogen-bond acceptors (Lipinski definition) is 4. The smallest absolute Gasteiger partial charge is 0.106 e. The Bertz CT molecular complexity index is 175. The van der Waals surface area contributed by atoms with Gasteiger partial charge in [0.1, 0.15) is 5.60 Å². The summed E-state index contributed by atoms with van der Waals surface area (Å²) in [5.74, 6) is 0. The minimum atomic E-state index is -0.0669. The average molecular weight is 200 g/mol. The first-order valence-electron chi connectivity index (χ1n) is 5.42. The predicted molar refractivity (Wildman–Crippen MR) is 54.5 cm³/mol. The van der Waals surface area contributed by atoms with Crippen molar-refractivity contribution in [3.8, 4) is 0 Å². The van der Waals surface area contributed by atoms with Crippen molar-refractivity contribution < 1.29 is 9.47 Å². The molecule has 4 heteroatoms. The van der Waals surface area contributed by atoms with Crippen LogP contribution in [0.2, 0.25) is 0 Å². The maximum atomic E-state index is 5.55. The monoisotopic (exact) mass is 200 g/mol. The van der Waals surface area contributed by atoms with Gasteiger partial charge in [0.15, 0.2) is 0 Å². The highest BCUT2D eigenvalue weighted by Gasteiger charge is 2.35. The lowest BCUT2D eigenvalue weighted by atomic mass is 10.0. The van der Waals surface area contributed by atoms with Crippen LogP contribution in [0, 0.1) is 0 Å². The molecule has 2 aliphatic heterocycles. The first-order chi connectivity index (χ1) is 6.85. The molecule has 2 rings (SSSR count). The molecule has 0 aromatic heterocycles. The summed E-state index contributed by atoms with van der Waals surface area (Å²) in [7, 11) is 1.78. The molecule has 2 aliphatic rings. The van der Waals surface area contributed by atoms with E-state index in [1.165, 1.54) is 6.42 Å². The van der Waals surface area contributed by atoms with E-state index in [1.54, 1.807) is 7.11 Å². The Balaban J connectivity index is 1.76. The van der Waals surface area contributed by atoms with Crippen LogP contribution in [-0.2, 0) is 9.47 Å². The maximum absolute atomic E-state index is 5.55. The van der Waals surface area contributed by atoms with Crippen LogP contribution < -0.4 is 10.6 Å². The van der Waals surface area contributed by atoms with E-state index in [4.69, 9.17) is 9.47 Å². The van der Waals surface area contributed by atoms with Crippen LogP contribution in [0.25, 0.3) is 0 Å². The molecule has 0 radical (unpaired) electrons. The molecule has 2 unspecified atom stereocenters. The van der Waals surface area contributed by atoms with Gasteiger partial charge in [0.25, 0.3) is 0 Å². The first kappa shape index (κ1) is 10.4. The van der Waals surface area contributed by atoms with Crippen molar-refractivity contribution in [1.29, 1.82) is 0 Å². The molecule has 2 fully saturated rings. The number of rotatable bonds is 4. The predicted octanol–water partition coefficient (Wildman–Crippen LogP) is -0.257. The summed E-state index contributed by atoms with van der Waals surface area (Å²) in [5, 5.41) is 6.89. The summed E-state index contributed by atoms with van der Waals surface area (Å²) in [5.41, 5.74) is -0.0669. The van der Waals surface area contributed by atoms with Crippen molar-refractivity contribution in [3.63, 3.8) is 0 Å². The lowest BCUT2D eigenvalue weighted by molar-refractivity contribution is -0.0171. The fourth-order valence-electron chi connectivity index (χ4n) is 2.12. The van der Waals surface area contributed by atoms with E-state index in [0.29, 0.717) is 6.04 Å². The van der Waals surface area contributed by atoms with Crippen LogP contribution in [0.1, 0.15) is 12.8 Å². The molecule has 2 heterocycles. The second-order valence-corrected chi connectivity index (χ2v) is 4.26. The molecule has 0 saturated carbocycles. The Hall–Kier alpha value is -0.160. The number of nitrogens with one attached hydrogen (secondary N) is 2. The van der Waals surface area contributed by atoms with E-state index in [0.717, 1.165) is 39.3 Å². The van der Waals surface area contributed by atoms with Crippen LogP contribution >= 0.6 is 0 Å². The highest BCUT2D eigenvalue weighted by Crippen LogP contribution is 2.21. The molecule has 0 spiro atoms. The standard InChI is InChI=1S/C10H20N2O2/c1-13-10(3-5-14-8-10)7-12-9-2-4-11-6-9/h9,11-12H,2-8H2,1H3. The van der Waals surface area contributed by atoms with Crippen LogP contribution in [-0.4, -0.2) is 51.6 Å². The lowest BCUT2D eigenvalue weighted by Crippen LogP contribution is -2.46. The van der Waals surface area contributed by atoms with Crippen LogP contribution in [0.5, 0.6) is 0 Å². The Morgan fingerprint density at radius 2 is 2.57 bits per heavy atom. The zero-order valence-electron chi connectivity index (χ0n) is 8.84. The molecule has 82 valence electrons. The van der Waals surface area contributed by atoms with E-state index in [1.807, 2.05) is 0 Å². The molecule has 14 heavy (non-hydrogen) atoms. The van der Waals surface area contributed by atoms with Gasteiger partial charge in [-0.3, -0.25) is 0 Å². The molecule has 0 bridgehead atoms. The van der Waals surface area contributed by atoms with Crippen molar-refractivity contribution in [3.05, 3.63) is 0 Å².